The van der Waals surface area contributed by atoms with Gasteiger partial charge in [0, 0.05) is 43.8 Å². The predicted octanol–water partition coefficient (Wildman–Crippen LogP) is 1.21. The highest BCUT2D eigenvalue weighted by molar-refractivity contribution is 7.89. The van der Waals surface area contributed by atoms with E-state index in [2.05, 4.69) is 15.0 Å². The minimum atomic E-state index is -3.73. The van der Waals surface area contributed by atoms with Gasteiger partial charge in [-0.15, -0.1) is 0 Å². The maximum absolute atomic E-state index is 13.3. The molecule has 10 nitrogen and oxygen atoms in total. The number of hydrogen-bond donors (Lipinski definition) is 1. The SMILES string of the molecule is COC(=O)c1cc(N2CCN(S(=O)(=O)c3cccc4cc(C)cnc34)CC2)nc(N)n1. The van der Waals surface area contributed by atoms with Gasteiger partial charge in [0.25, 0.3) is 0 Å². The first-order valence-electron chi connectivity index (χ1n) is 9.63. The van der Waals surface area contributed by atoms with E-state index in [-0.39, 0.29) is 29.6 Å². The van der Waals surface area contributed by atoms with E-state index in [1.807, 2.05) is 24.0 Å². The van der Waals surface area contributed by atoms with Gasteiger partial charge in [-0.2, -0.15) is 9.29 Å². The van der Waals surface area contributed by atoms with Crippen molar-refractivity contribution in [3.63, 3.8) is 0 Å². The van der Waals surface area contributed by atoms with Crippen molar-refractivity contribution in [3.05, 3.63) is 47.8 Å². The third kappa shape index (κ3) is 4.01. The summed E-state index contributed by atoms with van der Waals surface area (Å²) in [4.78, 5) is 26.3. The highest BCUT2D eigenvalue weighted by Gasteiger charge is 2.31. The molecule has 1 aliphatic rings. The Morgan fingerprint density at radius 2 is 1.87 bits per heavy atom. The molecule has 0 radical (unpaired) electrons. The Labute approximate surface area is 179 Å². The van der Waals surface area contributed by atoms with Gasteiger partial charge in [0.15, 0.2) is 5.69 Å². The largest absolute Gasteiger partial charge is 0.464 e. The van der Waals surface area contributed by atoms with Gasteiger partial charge < -0.3 is 15.4 Å². The van der Waals surface area contributed by atoms with Crippen LogP contribution in [0.4, 0.5) is 11.8 Å². The number of nitrogen functional groups attached to an aromatic ring is 1. The number of carbonyl (C=O) groups is 1. The van der Waals surface area contributed by atoms with Gasteiger partial charge in [0.2, 0.25) is 16.0 Å². The molecule has 3 aromatic rings. The number of hydrogen-bond acceptors (Lipinski definition) is 9. The number of esters is 1. The number of aryl methyl sites for hydroxylation is 1. The van der Waals surface area contributed by atoms with Crippen LogP contribution in [0.25, 0.3) is 10.9 Å². The zero-order valence-electron chi connectivity index (χ0n) is 17.1. The summed E-state index contributed by atoms with van der Waals surface area (Å²) in [7, 11) is -2.47. The van der Waals surface area contributed by atoms with Gasteiger partial charge in [-0.1, -0.05) is 12.1 Å². The minimum absolute atomic E-state index is 0.0509. The van der Waals surface area contributed by atoms with E-state index in [1.165, 1.54) is 17.5 Å². The lowest BCUT2D eigenvalue weighted by Gasteiger charge is -2.34. The van der Waals surface area contributed by atoms with Gasteiger partial charge in [-0.25, -0.2) is 18.2 Å². The van der Waals surface area contributed by atoms with Crippen molar-refractivity contribution >= 4 is 38.7 Å². The van der Waals surface area contributed by atoms with Gasteiger partial charge in [-0.05, 0) is 24.6 Å². The number of benzene rings is 1. The topological polar surface area (TPSA) is 132 Å². The number of anilines is 2. The molecule has 162 valence electrons. The number of nitrogens with two attached hydrogens (primary N) is 1. The number of carbonyl (C=O) groups excluding carboxylic acids is 1. The Balaban J connectivity index is 1.57. The molecule has 1 fully saturated rings. The van der Waals surface area contributed by atoms with Crippen molar-refractivity contribution in [2.75, 3.05) is 43.9 Å². The second-order valence-electron chi connectivity index (χ2n) is 7.19. The van der Waals surface area contributed by atoms with Crippen LogP contribution < -0.4 is 10.6 Å². The Hall–Kier alpha value is -3.31. The Morgan fingerprint density at radius 3 is 2.58 bits per heavy atom. The number of aromatic nitrogens is 3. The fourth-order valence-corrected chi connectivity index (χ4v) is 5.16. The van der Waals surface area contributed by atoms with Crippen molar-refractivity contribution in [2.24, 2.45) is 0 Å². The zero-order chi connectivity index (χ0) is 22.2. The number of rotatable bonds is 4. The first-order valence-corrected chi connectivity index (χ1v) is 11.1. The molecule has 31 heavy (non-hydrogen) atoms. The number of ether oxygens (including phenoxy) is 1. The van der Waals surface area contributed by atoms with Gasteiger partial charge in [0.1, 0.15) is 10.7 Å². The van der Waals surface area contributed by atoms with Crippen molar-refractivity contribution in [3.8, 4) is 0 Å². The summed E-state index contributed by atoms with van der Waals surface area (Å²) >= 11 is 0. The molecule has 2 aromatic heterocycles. The van der Waals surface area contributed by atoms with Crippen LogP contribution in [0.15, 0.2) is 41.4 Å². The number of pyridine rings is 1. The lowest BCUT2D eigenvalue weighted by Crippen LogP contribution is -2.49. The summed E-state index contributed by atoms with van der Waals surface area (Å²) in [6, 6.07) is 8.57. The average molecular weight is 443 g/mol. The number of fused-ring (bicyclic) bond motifs is 1. The van der Waals surface area contributed by atoms with Crippen LogP contribution in [0.3, 0.4) is 0 Å². The first-order chi connectivity index (χ1) is 14.8. The van der Waals surface area contributed by atoms with Crippen LogP contribution in [-0.4, -0.2) is 66.9 Å². The molecular formula is C20H22N6O4S. The molecule has 0 aliphatic carbocycles. The highest BCUT2D eigenvalue weighted by Crippen LogP contribution is 2.26. The van der Waals surface area contributed by atoms with Gasteiger partial charge in [0.05, 0.1) is 12.6 Å². The second kappa shape index (κ2) is 8.08. The summed E-state index contributed by atoms with van der Waals surface area (Å²) < 4.78 is 32.8. The van der Waals surface area contributed by atoms with E-state index in [9.17, 15) is 13.2 Å². The molecule has 0 atom stereocenters. The third-order valence-electron chi connectivity index (χ3n) is 5.12. The van der Waals surface area contributed by atoms with E-state index in [1.54, 1.807) is 18.3 Å². The van der Waals surface area contributed by atoms with Crippen molar-refractivity contribution in [2.45, 2.75) is 11.8 Å². The van der Waals surface area contributed by atoms with E-state index in [0.29, 0.717) is 24.4 Å². The molecule has 0 bridgehead atoms. The number of nitrogens with zero attached hydrogens (tertiary/aromatic N) is 5. The molecule has 3 heterocycles. The fraction of sp³-hybridized carbons (Fsp3) is 0.300. The standard InChI is InChI=1S/C20H22N6O4S/c1-13-10-14-4-3-5-16(18(14)22-12-13)31(28,29)26-8-6-25(7-9-26)17-11-15(19(27)30-2)23-20(21)24-17/h3-5,10-12H,6-9H2,1-2H3,(H2,21,23,24). The van der Waals surface area contributed by atoms with Crippen LogP contribution >= 0.6 is 0 Å². The predicted molar refractivity (Wildman–Crippen MR) is 115 cm³/mol. The summed E-state index contributed by atoms with van der Waals surface area (Å²) in [6.45, 7) is 3.18. The van der Waals surface area contributed by atoms with Crippen LogP contribution in [-0.2, 0) is 14.8 Å². The van der Waals surface area contributed by atoms with E-state index < -0.39 is 16.0 Å². The van der Waals surface area contributed by atoms with Crippen molar-refractivity contribution < 1.29 is 17.9 Å². The van der Waals surface area contributed by atoms with E-state index in [4.69, 9.17) is 10.5 Å². The van der Waals surface area contributed by atoms with E-state index in [0.717, 1.165) is 10.9 Å². The monoisotopic (exact) mass is 442 g/mol. The molecule has 0 saturated carbocycles. The van der Waals surface area contributed by atoms with Crippen LogP contribution in [0, 0.1) is 6.92 Å². The Morgan fingerprint density at radius 1 is 1.13 bits per heavy atom. The fourth-order valence-electron chi connectivity index (χ4n) is 3.57. The van der Waals surface area contributed by atoms with Crippen LogP contribution in [0.1, 0.15) is 16.1 Å². The van der Waals surface area contributed by atoms with Gasteiger partial charge >= 0.3 is 5.97 Å². The molecule has 1 aromatic carbocycles. The molecule has 0 amide bonds. The molecular weight excluding hydrogens is 420 g/mol. The Bertz CT molecular complexity index is 1260. The third-order valence-corrected chi connectivity index (χ3v) is 7.05. The normalized spacial score (nSPS) is 15.2. The quantitative estimate of drug-likeness (QED) is 0.592. The molecule has 1 saturated heterocycles. The van der Waals surface area contributed by atoms with E-state index >= 15 is 0 Å². The number of methoxy groups -OCH3 is 1. The van der Waals surface area contributed by atoms with Crippen LogP contribution in [0.2, 0.25) is 0 Å². The first kappa shape index (κ1) is 20.9. The molecule has 4 rings (SSSR count). The molecule has 1 aliphatic heterocycles. The zero-order valence-corrected chi connectivity index (χ0v) is 18.0. The maximum Gasteiger partial charge on any atom is 0.356 e. The number of para-hydroxylation sites is 1. The maximum atomic E-state index is 13.3. The smallest absolute Gasteiger partial charge is 0.356 e. The summed E-state index contributed by atoms with van der Waals surface area (Å²) in [5.74, 6) is -0.215. The van der Waals surface area contributed by atoms with Crippen LogP contribution in [0.5, 0.6) is 0 Å². The van der Waals surface area contributed by atoms with Crippen molar-refractivity contribution in [1.82, 2.24) is 19.3 Å². The highest BCUT2D eigenvalue weighted by atomic mass is 32.2. The molecule has 2 N–H and O–H groups in total. The molecule has 0 unspecified atom stereocenters. The molecule has 0 spiro atoms. The van der Waals surface area contributed by atoms with Gasteiger partial charge in [-0.3, -0.25) is 4.98 Å². The lowest BCUT2D eigenvalue weighted by molar-refractivity contribution is 0.0594. The number of piperazine rings is 1. The second-order valence-corrected chi connectivity index (χ2v) is 9.10. The lowest BCUT2D eigenvalue weighted by atomic mass is 10.2. The number of sulfonamides is 1. The average Bonchev–Trinajstić information content (AvgIpc) is 2.77. The summed E-state index contributed by atoms with van der Waals surface area (Å²) in [5.41, 5.74) is 7.20. The van der Waals surface area contributed by atoms with Crippen molar-refractivity contribution in [1.29, 1.82) is 0 Å². The Kier molecular flexibility index (Phi) is 5.46. The minimum Gasteiger partial charge on any atom is -0.464 e. The summed E-state index contributed by atoms with van der Waals surface area (Å²) in [6.07, 6.45) is 1.66. The summed E-state index contributed by atoms with van der Waals surface area (Å²) in [5, 5.41) is 0.784. The molecule has 11 heteroatoms.